The molecule has 0 radical (unpaired) electrons. The molecule has 0 unspecified atom stereocenters. The van der Waals surface area contributed by atoms with Crippen LogP contribution in [0.25, 0.3) is 11.5 Å². The number of nitrogens with one attached hydrogen (secondary N) is 3. The highest BCUT2D eigenvalue weighted by Gasteiger charge is 2.20. The van der Waals surface area contributed by atoms with Crippen molar-refractivity contribution in [3.05, 3.63) is 48.3 Å². The normalized spacial score (nSPS) is 14.5. The molecule has 1 saturated heterocycles. The molecule has 4 heterocycles. The summed E-state index contributed by atoms with van der Waals surface area (Å²) in [5.41, 5.74) is 3.89. The van der Waals surface area contributed by atoms with Crippen LogP contribution in [0, 0.1) is 6.92 Å². The number of amides is 2. The molecule has 4 rings (SSSR count). The van der Waals surface area contributed by atoms with Crippen molar-refractivity contribution in [3.63, 3.8) is 0 Å². The number of rotatable bonds is 6. The zero-order valence-electron chi connectivity index (χ0n) is 17.8. The van der Waals surface area contributed by atoms with E-state index >= 15 is 0 Å². The summed E-state index contributed by atoms with van der Waals surface area (Å²) in [6, 6.07) is 5.70. The molecule has 3 aromatic rings. The smallest absolute Gasteiger partial charge is 0.320 e. The van der Waals surface area contributed by atoms with E-state index in [0.717, 1.165) is 61.3 Å². The zero-order chi connectivity index (χ0) is 21.6. The second-order valence-electron chi connectivity index (χ2n) is 7.38. The number of H-pyrrole nitrogens is 1. The molecular weight excluding hydrogens is 394 g/mol. The highest BCUT2D eigenvalue weighted by atomic mass is 16.2. The summed E-state index contributed by atoms with van der Waals surface area (Å²) >= 11 is 0. The van der Waals surface area contributed by atoms with Crippen LogP contribution >= 0.6 is 0 Å². The first-order valence-electron chi connectivity index (χ1n) is 10.4. The summed E-state index contributed by atoms with van der Waals surface area (Å²) in [6.45, 7) is 8.86. The number of aromatic amines is 1. The fraction of sp³-hybridized carbons (Fsp3) is 0.381. The van der Waals surface area contributed by atoms with Crippen LogP contribution in [0.5, 0.6) is 0 Å². The molecule has 2 amide bonds. The molecule has 3 aromatic heterocycles. The van der Waals surface area contributed by atoms with Gasteiger partial charge in [0.2, 0.25) is 0 Å². The minimum atomic E-state index is -0.261. The fourth-order valence-corrected chi connectivity index (χ4v) is 3.67. The largest absolute Gasteiger partial charge is 0.368 e. The molecule has 1 aliphatic heterocycles. The third kappa shape index (κ3) is 5.15. The molecule has 0 aliphatic carbocycles. The van der Waals surface area contributed by atoms with Crippen LogP contribution in [0.3, 0.4) is 0 Å². The van der Waals surface area contributed by atoms with Crippen molar-refractivity contribution in [3.8, 4) is 11.5 Å². The Bertz CT molecular complexity index is 1010. The number of carbonyl (C=O) groups excluding carboxylic acids is 1. The maximum atomic E-state index is 11.7. The van der Waals surface area contributed by atoms with Gasteiger partial charge in [0.05, 0.1) is 17.1 Å². The summed E-state index contributed by atoms with van der Waals surface area (Å²) in [6.07, 6.45) is 5.02. The molecule has 0 aromatic carbocycles. The van der Waals surface area contributed by atoms with Gasteiger partial charge in [0.15, 0.2) is 5.82 Å². The molecule has 0 saturated carbocycles. The summed E-state index contributed by atoms with van der Waals surface area (Å²) in [7, 11) is 0. The van der Waals surface area contributed by atoms with E-state index in [0.29, 0.717) is 12.4 Å². The van der Waals surface area contributed by atoms with Gasteiger partial charge in [-0.3, -0.25) is 10.2 Å². The number of aryl methyl sites for hydroxylation is 1. The molecule has 3 N–H and O–H groups in total. The monoisotopic (exact) mass is 421 g/mol. The summed E-state index contributed by atoms with van der Waals surface area (Å²) in [4.78, 5) is 37.0. The lowest BCUT2D eigenvalue weighted by atomic mass is 10.2. The third-order valence-corrected chi connectivity index (χ3v) is 5.20. The van der Waals surface area contributed by atoms with E-state index in [9.17, 15) is 4.79 Å². The highest BCUT2D eigenvalue weighted by Crippen LogP contribution is 2.23. The molecule has 31 heavy (non-hydrogen) atoms. The molecule has 1 aliphatic rings. The van der Waals surface area contributed by atoms with Gasteiger partial charge in [-0.1, -0.05) is 0 Å². The van der Waals surface area contributed by atoms with Crippen LogP contribution in [0.15, 0.2) is 36.9 Å². The maximum Gasteiger partial charge on any atom is 0.320 e. The summed E-state index contributed by atoms with van der Waals surface area (Å²) < 4.78 is 0. The highest BCUT2D eigenvalue weighted by molar-refractivity contribution is 5.88. The van der Waals surface area contributed by atoms with Crippen LogP contribution in [-0.4, -0.2) is 68.6 Å². The molecular formula is C21H27N9O. The van der Waals surface area contributed by atoms with E-state index in [2.05, 4.69) is 46.4 Å². The number of pyridine rings is 1. The van der Waals surface area contributed by atoms with Crippen molar-refractivity contribution in [1.29, 1.82) is 0 Å². The number of urea groups is 1. The average Bonchev–Trinajstić information content (AvgIpc) is 3.30. The Morgan fingerprint density at radius 2 is 2.00 bits per heavy atom. The van der Waals surface area contributed by atoms with Gasteiger partial charge in [-0.15, -0.1) is 0 Å². The topological polar surface area (TPSA) is 115 Å². The predicted octanol–water partition coefficient (Wildman–Crippen LogP) is 2.03. The van der Waals surface area contributed by atoms with Crippen molar-refractivity contribution < 1.29 is 4.79 Å². The SMILES string of the molecule is CCNC(=O)Nc1cc(CN2CCN(c3ccc(-c4ncc[nH]4)nc3C)CC2)ncn1. The zero-order valence-corrected chi connectivity index (χ0v) is 17.8. The van der Waals surface area contributed by atoms with Crippen LogP contribution in [0.2, 0.25) is 0 Å². The van der Waals surface area contributed by atoms with E-state index in [1.54, 1.807) is 12.4 Å². The average molecular weight is 422 g/mol. The first kappa shape index (κ1) is 20.7. The molecule has 0 bridgehead atoms. The number of imidazole rings is 1. The minimum absolute atomic E-state index is 0.261. The number of hydrogen-bond acceptors (Lipinski definition) is 7. The number of piperazine rings is 1. The standard InChI is InChI=1S/C21H27N9O/c1-3-22-21(31)28-19-12-16(25-14-26-19)13-29-8-10-30(11-9-29)18-5-4-17(27-15(18)2)20-23-6-7-24-20/h4-7,12,14H,3,8-11,13H2,1-2H3,(H,23,24)(H2,22,25,26,28,31). The molecule has 10 heteroatoms. The summed E-state index contributed by atoms with van der Waals surface area (Å²) in [5.74, 6) is 1.29. The Morgan fingerprint density at radius 1 is 1.16 bits per heavy atom. The van der Waals surface area contributed by atoms with Crippen molar-refractivity contribution in [1.82, 2.24) is 35.1 Å². The number of aromatic nitrogens is 5. The van der Waals surface area contributed by atoms with E-state index < -0.39 is 0 Å². The van der Waals surface area contributed by atoms with Crippen LogP contribution in [0.1, 0.15) is 18.3 Å². The Morgan fingerprint density at radius 3 is 2.71 bits per heavy atom. The number of nitrogens with zero attached hydrogens (tertiary/aromatic N) is 6. The predicted molar refractivity (Wildman–Crippen MR) is 119 cm³/mol. The van der Waals surface area contributed by atoms with Crippen molar-refractivity contribution >= 4 is 17.5 Å². The van der Waals surface area contributed by atoms with Gasteiger partial charge >= 0.3 is 6.03 Å². The fourth-order valence-electron chi connectivity index (χ4n) is 3.67. The van der Waals surface area contributed by atoms with Gasteiger partial charge < -0.3 is 15.2 Å². The van der Waals surface area contributed by atoms with Crippen LogP contribution in [0.4, 0.5) is 16.3 Å². The molecule has 10 nitrogen and oxygen atoms in total. The van der Waals surface area contributed by atoms with Gasteiger partial charge in [0.1, 0.15) is 17.8 Å². The first-order valence-corrected chi connectivity index (χ1v) is 10.4. The van der Waals surface area contributed by atoms with E-state index in [-0.39, 0.29) is 6.03 Å². The van der Waals surface area contributed by atoms with Gasteiger partial charge in [0.25, 0.3) is 0 Å². The Kier molecular flexibility index (Phi) is 6.37. The van der Waals surface area contributed by atoms with E-state index in [4.69, 9.17) is 4.98 Å². The summed E-state index contributed by atoms with van der Waals surface area (Å²) in [5, 5.41) is 5.42. The number of anilines is 2. The lowest BCUT2D eigenvalue weighted by Gasteiger charge is -2.36. The van der Waals surface area contributed by atoms with Crippen molar-refractivity contribution in [2.45, 2.75) is 20.4 Å². The second-order valence-corrected chi connectivity index (χ2v) is 7.38. The Balaban J connectivity index is 1.33. The number of carbonyl (C=O) groups is 1. The Labute approximate surface area is 181 Å². The molecule has 162 valence electrons. The van der Waals surface area contributed by atoms with Crippen LogP contribution < -0.4 is 15.5 Å². The van der Waals surface area contributed by atoms with Gasteiger partial charge in [-0.05, 0) is 26.0 Å². The van der Waals surface area contributed by atoms with Crippen molar-refractivity contribution in [2.24, 2.45) is 0 Å². The third-order valence-electron chi connectivity index (χ3n) is 5.20. The first-order chi connectivity index (χ1) is 15.1. The number of hydrogen-bond donors (Lipinski definition) is 3. The molecule has 0 atom stereocenters. The Hall–Kier alpha value is -3.53. The van der Waals surface area contributed by atoms with Gasteiger partial charge in [-0.25, -0.2) is 24.7 Å². The minimum Gasteiger partial charge on any atom is -0.368 e. The van der Waals surface area contributed by atoms with Gasteiger partial charge in [-0.2, -0.15) is 0 Å². The van der Waals surface area contributed by atoms with E-state index in [1.165, 1.54) is 6.33 Å². The lowest BCUT2D eigenvalue weighted by molar-refractivity contribution is 0.247. The quantitative estimate of drug-likeness (QED) is 0.558. The molecule has 0 spiro atoms. The van der Waals surface area contributed by atoms with Gasteiger partial charge in [0, 0.05) is 57.7 Å². The van der Waals surface area contributed by atoms with E-state index in [1.807, 2.05) is 26.0 Å². The second kappa shape index (κ2) is 9.52. The molecule has 1 fully saturated rings. The van der Waals surface area contributed by atoms with Crippen molar-refractivity contribution in [2.75, 3.05) is 42.9 Å². The lowest BCUT2D eigenvalue weighted by Crippen LogP contribution is -2.46. The van der Waals surface area contributed by atoms with Crippen LogP contribution in [-0.2, 0) is 6.54 Å². The maximum absolute atomic E-state index is 11.7.